The molecule has 3 heteroatoms. The minimum absolute atomic E-state index is 1.13. The maximum absolute atomic E-state index is 4.32. The maximum atomic E-state index is 4.32. The smallest absolute Gasteiger partial charge is 0.0579 e. The fourth-order valence-electron chi connectivity index (χ4n) is 0.865. The van der Waals surface area contributed by atoms with Gasteiger partial charge in [0.2, 0.25) is 0 Å². The van der Waals surface area contributed by atoms with Crippen molar-refractivity contribution >= 4 is 23.3 Å². The molecule has 0 aliphatic carbocycles. The topological polar surface area (TPSA) is 12.9 Å². The van der Waals surface area contributed by atoms with Crippen LogP contribution in [0.2, 0.25) is 0 Å². The van der Waals surface area contributed by atoms with Gasteiger partial charge in [-0.2, -0.15) is 16.1 Å². The van der Waals surface area contributed by atoms with Crippen LogP contribution in [0.1, 0.15) is 18.2 Å². The standard InChI is InChI=1S/C8H13NS2/c1-3-10-5-4-8-7(2)6-11-9-8/h6H,3-5H2,1-2H3. The Hall–Kier alpha value is -0.0200. The number of thioether (sulfide) groups is 1. The minimum Gasteiger partial charge on any atom is -0.197 e. The highest BCUT2D eigenvalue weighted by Gasteiger charge is 1.99. The van der Waals surface area contributed by atoms with E-state index in [1.165, 1.54) is 22.8 Å². The molecule has 0 N–H and O–H groups in total. The van der Waals surface area contributed by atoms with E-state index in [2.05, 4.69) is 23.6 Å². The van der Waals surface area contributed by atoms with Crippen LogP contribution in [0.4, 0.5) is 0 Å². The molecule has 0 fully saturated rings. The predicted molar refractivity (Wildman–Crippen MR) is 53.6 cm³/mol. The molecule has 0 saturated heterocycles. The molecule has 1 aromatic rings. The van der Waals surface area contributed by atoms with Crippen LogP contribution < -0.4 is 0 Å². The maximum Gasteiger partial charge on any atom is 0.0579 e. The van der Waals surface area contributed by atoms with Crippen LogP contribution in [-0.4, -0.2) is 15.9 Å². The zero-order valence-corrected chi connectivity index (χ0v) is 8.60. The van der Waals surface area contributed by atoms with Crippen molar-refractivity contribution in [2.45, 2.75) is 20.3 Å². The third-order valence-electron chi connectivity index (χ3n) is 1.53. The SMILES string of the molecule is CCSCCc1nscc1C. The molecule has 0 saturated carbocycles. The van der Waals surface area contributed by atoms with Crippen molar-refractivity contribution in [1.82, 2.24) is 4.37 Å². The lowest BCUT2D eigenvalue weighted by atomic mass is 10.2. The number of nitrogens with zero attached hydrogens (tertiary/aromatic N) is 1. The average molecular weight is 187 g/mol. The molecule has 1 rings (SSSR count). The fourth-order valence-corrected chi connectivity index (χ4v) is 2.20. The second-order valence-corrected chi connectivity index (χ2v) is 4.41. The minimum atomic E-state index is 1.13. The molecule has 0 amide bonds. The molecule has 0 aromatic carbocycles. The number of hydrogen-bond acceptors (Lipinski definition) is 3. The van der Waals surface area contributed by atoms with Crippen molar-refractivity contribution in [2.75, 3.05) is 11.5 Å². The monoisotopic (exact) mass is 187 g/mol. The normalized spacial score (nSPS) is 10.4. The van der Waals surface area contributed by atoms with Gasteiger partial charge in [-0.1, -0.05) is 6.92 Å². The third kappa shape index (κ3) is 2.83. The molecule has 0 aliphatic heterocycles. The fraction of sp³-hybridized carbons (Fsp3) is 0.625. The summed E-state index contributed by atoms with van der Waals surface area (Å²) in [5.74, 6) is 2.42. The van der Waals surface area contributed by atoms with Crippen molar-refractivity contribution in [3.8, 4) is 0 Å². The molecule has 1 aromatic heterocycles. The van der Waals surface area contributed by atoms with Crippen LogP contribution in [0.15, 0.2) is 5.38 Å². The van der Waals surface area contributed by atoms with Crippen molar-refractivity contribution in [2.24, 2.45) is 0 Å². The Bertz CT molecular complexity index is 208. The molecule has 1 heterocycles. The lowest BCUT2D eigenvalue weighted by molar-refractivity contribution is 1.07. The summed E-state index contributed by atoms with van der Waals surface area (Å²) in [6.45, 7) is 4.33. The Balaban J connectivity index is 2.32. The van der Waals surface area contributed by atoms with E-state index in [0.717, 1.165) is 6.42 Å². The Morgan fingerprint density at radius 2 is 2.45 bits per heavy atom. The molecule has 0 spiro atoms. The Morgan fingerprint density at radius 1 is 1.64 bits per heavy atom. The molecule has 1 nitrogen and oxygen atoms in total. The number of hydrogen-bond donors (Lipinski definition) is 0. The van der Waals surface area contributed by atoms with Gasteiger partial charge in [0.25, 0.3) is 0 Å². The largest absolute Gasteiger partial charge is 0.197 e. The molecule has 0 unspecified atom stereocenters. The van der Waals surface area contributed by atoms with Gasteiger partial charge in [0, 0.05) is 11.8 Å². The molecule has 0 bridgehead atoms. The van der Waals surface area contributed by atoms with Crippen molar-refractivity contribution in [1.29, 1.82) is 0 Å². The van der Waals surface area contributed by atoms with E-state index in [1.54, 1.807) is 11.5 Å². The van der Waals surface area contributed by atoms with E-state index in [-0.39, 0.29) is 0 Å². The van der Waals surface area contributed by atoms with Gasteiger partial charge >= 0.3 is 0 Å². The first-order valence-corrected chi connectivity index (χ1v) is 5.81. The van der Waals surface area contributed by atoms with Gasteiger partial charge in [0.15, 0.2) is 0 Å². The highest BCUT2D eigenvalue weighted by molar-refractivity contribution is 7.99. The summed E-state index contributed by atoms with van der Waals surface area (Å²) in [6, 6.07) is 0. The van der Waals surface area contributed by atoms with Crippen molar-refractivity contribution in [3.63, 3.8) is 0 Å². The number of rotatable bonds is 4. The van der Waals surface area contributed by atoms with Gasteiger partial charge in [-0.15, -0.1) is 0 Å². The summed E-state index contributed by atoms with van der Waals surface area (Å²) in [7, 11) is 0. The predicted octanol–water partition coefficient (Wildman–Crippen LogP) is 2.75. The van der Waals surface area contributed by atoms with E-state index in [9.17, 15) is 0 Å². The molecule has 0 radical (unpaired) electrons. The van der Waals surface area contributed by atoms with Gasteiger partial charge in [-0.3, -0.25) is 0 Å². The van der Waals surface area contributed by atoms with Crippen LogP contribution in [0.3, 0.4) is 0 Å². The van der Waals surface area contributed by atoms with Gasteiger partial charge in [0.05, 0.1) is 5.69 Å². The third-order valence-corrected chi connectivity index (χ3v) is 3.22. The second kappa shape index (κ2) is 4.78. The first-order chi connectivity index (χ1) is 5.34. The zero-order valence-electron chi connectivity index (χ0n) is 6.96. The van der Waals surface area contributed by atoms with Crippen LogP contribution in [-0.2, 0) is 6.42 Å². The Labute approximate surface area is 76.4 Å². The summed E-state index contributed by atoms with van der Waals surface area (Å²) in [5.41, 5.74) is 2.64. The van der Waals surface area contributed by atoms with Gasteiger partial charge < -0.3 is 0 Å². The summed E-state index contributed by atoms with van der Waals surface area (Å²) in [6.07, 6.45) is 1.13. The lowest BCUT2D eigenvalue weighted by Gasteiger charge is -1.96. The molecule has 0 aliphatic rings. The van der Waals surface area contributed by atoms with E-state index >= 15 is 0 Å². The number of aryl methyl sites for hydroxylation is 2. The Morgan fingerprint density at radius 3 is 3.00 bits per heavy atom. The highest BCUT2D eigenvalue weighted by atomic mass is 32.2. The van der Waals surface area contributed by atoms with Crippen LogP contribution >= 0.6 is 23.3 Å². The van der Waals surface area contributed by atoms with E-state index < -0.39 is 0 Å². The first-order valence-electron chi connectivity index (χ1n) is 3.82. The molecular weight excluding hydrogens is 174 g/mol. The summed E-state index contributed by atoms with van der Waals surface area (Å²) >= 11 is 3.54. The second-order valence-electron chi connectivity index (χ2n) is 2.39. The summed E-state index contributed by atoms with van der Waals surface area (Å²) in [5, 5.41) is 2.12. The van der Waals surface area contributed by atoms with Crippen molar-refractivity contribution in [3.05, 3.63) is 16.6 Å². The van der Waals surface area contributed by atoms with E-state index in [0.29, 0.717) is 0 Å². The van der Waals surface area contributed by atoms with Crippen LogP contribution in [0.25, 0.3) is 0 Å². The van der Waals surface area contributed by atoms with Crippen molar-refractivity contribution < 1.29 is 0 Å². The average Bonchev–Trinajstić information content (AvgIpc) is 2.37. The Kier molecular flexibility index (Phi) is 3.94. The molecule has 62 valence electrons. The van der Waals surface area contributed by atoms with E-state index in [1.807, 2.05) is 11.8 Å². The first kappa shape index (κ1) is 9.07. The van der Waals surface area contributed by atoms with Crippen LogP contribution in [0, 0.1) is 6.92 Å². The quantitative estimate of drug-likeness (QED) is 0.672. The summed E-state index contributed by atoms with van der Waals surface area (Å²) < 4.78 is 4.32. The highest BCUT2D eigenvalue weighted by Crippen LogP contribution is 2.11. The molecule has 11 heavy (non-hydrogen) atoms. The van der Waals surface area contributed by atoms with E-state index in [4.69, 9.17) is 0 Å². The van der Waals surface area contributed by atoms with Gasteiger partial charge in [0.1, 0.15) is 0 Å². The molecular formula is C8H13NS2. The van der Waals surface area contributed by atoms with Crippen LogP contribution in [0.5, 0.6) is 0 Å². The zero-order chi connectivity index (χ0) is 8.10. The number of aromatic nitrogens is 1. The molecule has 0 atom stereocenters. The van der Waals surface area contributed by atoms with Gasteiger partial charge in [-0.25, -0.2) is 0 Å². The summed E-state index contributed by atoms with van der Waals surface area (Å²) in [4.78, 5) is 0. The lowest BCUT2D eigenvalue weighted by Crippen LogP contribution is -1.90. The van der Waals surface area contributed by atoms with Gasteiger partial charge in [-0.05, 0) is 35.5 Å².